The van der Waals surface area contributed by atoms with Crippen molar-refractivity contribution in [2.24, 2.45) is 7.05 Å². The Morgan fingerprint density at radius 1 is 1.11 bits per heavy atom. The second-order valence-corrected chi connectivity index (χ2v) is 8.40. The third kappa shape index (κ3) is 3.89. The molecule has 0 N–H and O–H groups in total. The predicted octanol–water partition coefficient (Wildman–Crippen LogP) is 1.98. The van der Waals surface area contributed by atoms with Crippen LogP contribution in [0.2, 0.25) is 0 Å². The highest BCUT2D eigenvalue weighted by Gasteiger charge is 2.30. The molecule has 0 spiro atoms. The summed E-state index contributed by atoms with van der Waals surface area (Å²) in [5, 5.41) is 12.9. The van der Waals surface area contributed by atoms with E-state index in [1.807, 2.05) is 11.8 Å². The first-order chi connectivity index (χ1) is 13.1. The fourth-order valence-corrected chi connectivity index (χ4v) is 4.75. The number of hydrogen-bond acceptors (Lipinski definition) is 7. The van der Waals surface area contributed by atoms with Gasteiger partial charge < -0.3 is 9.47 Å². The van der Waals surface area contributed by atoms with Crippen molar-refractivity contribution < 1.29 is 4.79 Å². The zero-order chi connectivity index (χ0) is 18.8. The summed E-state index contributed by atoms with van der Waals surface area (Å²) >= 11 is 1.18. The Labute approximate surface area is 163 Å². The number of amides is 1. The van der Waals surface area contributed by atoms with Crippen molar-refractivity contribution in [3.8, 4) is 0 Å². The van der Waals surface area contributed by atoms with E-state index >= 15 is 0 Å². The highest BCUT2D eigenvalue weighted by atomic mass is 32.1. The third-order valence-corrected chi connectivity index (χ3v) is 6.55. The van der Waals surface area contributed by atoms with Crippen LogP contribution in [0.3, 0.4) is 0 Å². The molecular formula is C18H27N7OS. The number of hydrogen-bond donors (Lipinski definition) is 0. The molecule has 1 unspecified atom stereocenters. The number of carbonyl (C=O) groups excluding carboxylic acids is 1. The number of piperidine rings is 2. The monoisotopic (exact) mass is 389 g/mol. The minimum Gasteiger partial charge on any atom is -0.337 e. The number of carbonyl (C=O) groups is 1. The molecule has 4 heterocycles. The molecule has 2 aromatic rings. The van der Waals surface area contributed by atoms with Crippen molar-refractivity contribution in [1.29, 1.82) is 0 Å². The summed E-state index contributed by atoms with van der Waals surface area (Å²) in [4.78, 5) is 17.9. The zero-order valence-corrected chi connectivity index (χ0v) is 16.9. The van der Waals surface area contributed by atoms with Crippen LogP contribution >= 0.6 is 11.5 Å². The minimum absolute atomic E-state index is 0.0444. The molecule has 1 atom stereocenters. The van der Waals surface area contributed by atoms with Gasteiger partial charge in [-0.05, 0) is 57.2 Å². The lowest BCUT2D eigenvalue weighted by atomic mass is 9.97. The standard InChI is InChI=1S/C18H27N7OS/c1-13-16(27-22-19-13)18(26)25-10-6-7-14(11-25)17-21-20-15(23(17)2)12-24-8-4-3-5-9-24/h14H,3-12H2,1-2H3. The normalized spacial score (nSPS) is 21.6. The van der Waals surface area contributed by atoms with Crippen LogP contribution in [0.1, 0.15) is 65.0 Å². The van der Waals surface area contributed by atoms with Crippen molar-refractivity contribution in [3.05, 3.63) is 22.2 Å². The lowest BCUT2D eigenvalue weighted by molar-refractivity contribution is 0.0707. The molecule has 1 amide bonds. The fraction of sp³-hybridized carbons (Fsp3) is 0.722. The largest absolute Gasteiger partial charge is 0.337 e. The molecule has 0 aliphatic carbocycles. The summed E-state index contributed by atoms with van der Waals surface area (Å²) < 4.78 is 6.05. The summed E-state index contributed by atoms with van der Waals surface area (Å²) in [6.07, 6.45) is 5.91. The van der Waals surface area contributed by atoms with Crippen LogP contribution in [0.5, 0.6) is 0 Å². The Hall–Kier alpha value is -1.87. The summed E-state index contributed by atoms with van der Waals surface area (Å²) in [6, 6.07) is 0. The maximum absolute atomic E-state index is 12.8. The van der Waals surface area contributed by atoms with Crippen LogP contribution in [-0.2, 0) is 13.6 Å². The predicted molar refractivity (Wildman–Crippen MR) is 103 cm³/mol. The van der Waals surface area contributed by atoms with E-state index in [2.05, 4.69) is 36.3 Å². The van der Waals surface area contributed by atoms with Gasteiger partial charge in [0.1, 0.15) is 16.5 Å². The minimum atomic E-state index is 0.0444. The van der Waals surface area contributed by atoms with Crippen molar-refractivity contribution >= 4 is 17.4 Å². The van der Waals surface area contributed by atoms with Gasteiger partial charge in [-0.1, -0.05) is 10.9 Å². The van der Waals surface area contributed by atoms with Crippen molar-refractivity contribution in [2.45, 2.75) is 51.5 Å². The van der Waals surface area contributed by atoms with E-state index in [0.29, 0.717) is 11.4 Å². The van der Waals surface area contributed by atoms with Crippen LogP contribution in [0, 0.1) is 6.92 Å². The second kappa shape index (κ2) is 8.02. The Morgan fingerprint density at radius 2 is 1.93 bits per heavy atom. The maximum Gasteiger partial charge on any atom is 0.267 e. The van der Waals surface area contributed by atoms with Crippen LogP contribution in [-0.4, -0.2) is 66.2 Å². The molecule has 0 aromatic carbocycles. The van der Waals surface area contributed by atoms with Gasteiger partial charge in [0.2, 0.25) is 0 Å². The molecule has 2 fully saturated rings. The summed E-state index contributed by atoms with van der Waals surface area (Å²) in [5.41, 5.74) is 0.717. The molecule has 4 rings (SSSR count). The van der Waals surface area contributed by atoms with E-state index in [9.17, 15) is 4.79 Å². The number of nitrogens with zero attached hydrogens (tertiary/aromatic N) is 7. The van der Waals surface area contributed by atoms with Gasteiger partial charge in [-0.25, -0.2) is 0 Å². The Morgan fingerprint density at radius 3 is 2.67 bits per heavy atom. The summed E-state index contributed by atoms with van der Waals surface area (Å²) in [7, 11) is 2.06. The highest BCUT2D eigenvalue weighted by molar-refractivity contribution is 7.07. The molecular weight excluding hydrogens is 362 g/mol. The average molecular weight is 390 g/mol. The van der Waals surface area contributed by atoms with Crippen molar-refractivity contribution in [1.82, 2.24) is 34.2 Å². The molecule has 0 bridgehead atoms. The SMILES string of the molecule is Cc1nnsc1C(=O)N1CCCC(c2nnc(CN3CCCCC3)n2C)C1. The van der Waals surface area contributed by atoms with Crippen LogP contribution in [0.4, 0.5) is 0 Å². The maximum atomic E-state index is 12.8. The molecule has 0 radical (unpaired) electrons. The Balaban J connectivity index is 1.45. The van der Waals surface area contributed by atoms with Crippen molar-refractivity contribution in [3.63, 3.8) is 0 Å². The first kappa shape index (κ1) is 18.5. The molecule has 9 heteroatoms. The Bertz CT molecular complexity index is 795. The third-order valence-electron chi connectivity index (χ3n) is 5.73. The first-order valence-electron chi connectivity index (χ1n) is 9.82. The number of aromatic nitrogens is 5. The van der Waals surface area contributed by atoms with Gasteiger partial charge in [0.05, 0.1) is 12.2 Å². The molecule has 2 aromatic heterocycles. The Kier molecular flexibility index (Phi) is 5.49. The highest BCUT2D eigenvalue weighted by Crippen LogP contribution is 2.28. The molecule has 2 aliphatic heterocycles. The number of likely N-dealkylation sites (tertiary alicyclic amines) is 2. The smallest absolute Gasteiger partial charge is 0.267 e. The fourth-order valence-electron chi connectivity index (χ4n) is 4.13. The molecule has 2 aliphatic rings. The van der Waals surface area contributed by atoms with Crippen LogP contribution in [0.25, 0.3) is 0 Å². The van der Waals surface area contributed by atoms with Gasteiger partial charge in [0, 0.05) is 26.1 Å². The average Bonchev–Trinajstić information content (AvgIpc) is 3.28. The second-order valence-electron chi connectivity index (χ2n) is 7.65. The van der Waals surface area contributed by atoms with Crippen LogP contribution in [0.15, 0.2) is 0 Å². The topological polar surface area (TPSA) is 80.0 Å². The molecule has 8 nitrogen and oxygen atoms in total. The summed E-state index contributed by atoms with van der Waals surface area (Å²) in [5.74, 6) is 2.30. The van der Waals surface area contributed by atoms with Gasteiger partial charge >= 0.3 is 0 Å². The van der Waals surface area contributed by atoms with Gasteiger partial charge in [0.15, 0.2) is 0 Å². The van der Waals surface area contributed by atoms with E-state index in [-0.39, 0.29) is 11.8 Å². The molecule has 27 heavy (non-hydrogen) atoms. The van der Waals surface area contributed by atoms with Gasteiger partial charge in [-0.15, -0.1) is 15.3 Å². The van der Waals surface area contributed by atoms with E-state index in [1.165, 1.54) is 30.8 Å². The zero-order valence-electron chi connectivity index (χ0n) is 16.1. The van der Waals surface area contributed by atoms with Crippen molar-refractivity contribution in [2.75, 3.05) is 26.2 Å². The number of rotatable bonds is 4. The molecule has 146 valence electrons. The van der Waals surface area contributed by atoms with Gasteiger partial charge in [0.25, 0.3) is 5.91 Å². The van der Waals surface area contributed by atoms with Crippen LogP contribution < -0.4 is 0 Å². The molecule has 2 saturated heterocycles. The van der Waals surface area contributed by atoms with E-state index in [1.54, 1.807) is 0 Å². The van der Waals surface area contributed by atoms with E-state index in [0.717, 1.165) is 56.4 Å². The summed E-state index contributed by atoms with van der Waals surface area (Å²) in [6.45, 7) is 6.47. The van der Waals surface area contributed by atoms with Gasteiger partial charge in [-0.2, -0.15) is 0 Å². The van der Waals surface area contributed by atoms with Gasteiger partial charge in [-0.3, -0.25) is 9.69 Å². The first-order valence-corrected chi connectivity index (χ1v) is 10.6. The molecule has 0 saturated carbocycles. The number of aryl methyl sites for hydroxylation is 1. The lowest BCUT2D eigenvalue weighted by Crippen LogP contribution is -2.39. The lowest BCUT2D eigenvalue weighted by Gasteiger charge is -2.32. The van der Waals surface area contributed by atoms with E-state index < -0.39 is 0 Å². The van der Waals surface area contributed by atoms with E-state index in [4.69, 9.17) is 0 Å². The quantitative estimate of drug-likeness (QED) is 0.795.